The second-order valence-electron chi connectivity index (χ2n) is 5.22. The fraction of sp³-hybridized carbons (Fsp3) is 0.533. The first kappa shape index (κ1) is 15.8. The number of aromatic nitrogens is 4. The largest absolute Gasteiger partial charge is 0.398 e. The quantitative estimate of drug-likeness (QED) is 0.592. The van der Waals surface area contributed by atoms with Gasteiger partial charge >= 0.3 is 0 Å². The molecule has 21 heavy (non-hydrogen) atoms. The second-order valence-corrected chi connectivity index (χ2v) is 5.66. The van der Waals surface area contributed by atoms with Gasteiger partial charge in [-0.15, -0.1) is 5.10 Å². The molecule has 1 heterocycles. The Morgan fingerprint density at radius 1 is 1.14 bits per heavy atom. The van der Waals surface area contributed by atoms with Crippen LogP contribution >= 0.6 is 11.6 Å². The number of anilines is 1. The molecule has 2 N–H and O–H groups in total. The maximum absolute atomic E-state index is 6.00. The summed E-state index contributed by atoms with van der Waals surface area (Å²) in [6.07, 6.45) is 7.45. The van der Waals surface area contributed by atoms with E-state index in [9.17, 15) is 0 Å². The van der Waals surface area contributed by atoms with Crippen molar-refractivity contribution in [3.8, 4) is 11.4 Å². The van der Waals surface area contributed by atoms with Gasteiger partial charge in [-0.25, -0.2) is 4.68 Å². The topological polar surface area (TPSA) is 69.6 Å². The van der Waals surface area contributed by atoms with Crippen LogP contribution in [-0.2, 0) is 6.54 Å². The van der Waals surface area contributed by atoms with Crippen LogP contribution in [-0.4, -0.2) is 20.2 Å². The third-order valence-corrected chi connectivity index (χ3v) is 3.74. The Morgan fingerprint density at radius 3 is 2.67 bits per heavy atom. The van der Waals surface area contributed by atoms with Crippen LogP contribution in [0, 0.1) is 0 Å². The molecule has 0 saturated heterocycles. The van der Waals surface area contributed by atoms with Gasteiger partial charge in [-0.2, -0.15) is 0 Å². The molecule has 0 radical (unpaired) electrons. The number of hydrogen-bond acceptors (Lipinski definition) is 4. The van der Waals surface area contributed by atoms with Crippen molar-refractivity contribution in [2.75, 3.05) is 5.73 Å². The zero-order valence-electron chi connectivity index (χ0n) is 12.4. The number of nitrogen functional groups attached to an aromatic ring is 1. The highest BCUT2D eigenvalue weighted by Gasteiger charge is 2.11. The number of aryl methyl sites for hydroxylation is 1. The molecule has 0 fully saturated rings. The van der Waals surface area contributed by atoms with Gasteiger partial charge in [-0.05, 0) is 35.0 Å². The highest BCUT2D eigenvalue weighted by atomic mass is 35.5. The number of nitrogens with two attached hydrogens (primary N) is 1. The van der Waals surface area contributed by atoms with Crippen LogP contribution in [0.25, 0.3) is 11.4 Å². The van der Waals surface area contributed by atoms with E-state index in [0.29, 0.717) is 16.5 Å². The van der Waals surface area contributed by atoms with E-state index < -0.39 is 0 Å². The molecule has 0 aliphatic carbocycles. The van der Waals surface area contributed by atoms with E-state index >= 15 is 0 Å². The molecule has 0 unspecified atom stereocenters. The molecule has 0 saturated carbocycles. The number of hydrogen-bond donors (Lipinski definition) is 1. The fourth-order valence-electron chi connectivity index (χ4n) is 2.33. The summed E-state index contributed by atoms with van der Waals surface area (Å²) in [6, 6.07) is 5.39. The summed E-state index contributed by atoms with van der Waals surface area (Å²) in [5.41, 5.74) is 7.43. The van der Waals surface area contributed by atoms with Gasteiger partial charge in [0.05, 0.1) is 0 Å². The summed E-state index contributed by atoms with van der Waals surface area (Å²) in [4.78, 5) is 0. The van der Waals surface area contributed by atoms with E-state index in [2.05, 4.69) is 22.4 Å². The van der Waals surface area contributed by atoms with Crippen LogP contribution in [0.2, 0.25) is 5.02 Å². The third-order valence-electron chi connectivity index (χ3n) is 3.51. The lowest BCUT2D eigenvalue weighted by Gasteiger charge is -2.07. The molecule has 1 aromatic heterocycles. The van der Waals surface area contributed by atoms with E-state index in [1.54, 1.807) is 12.1 Å². The Balaban J connectivity index is 1.95. The Bertz CT molecular complexity index is 567. The van der Waals surface area contributed by atoms with Gasteiger partial charge in [0, 0.05) is 22.8 Å². The van der Waals surface area contributed by atoms with Gasteiger partial charge in [0.2, 0.25) is 0 Å². The molecule has 0 bridgehead atoms. The number of rotatable bonds is 8. The zero-order chi connectivity index (χ0) is 15.1. The summed E-state index contributed by atoms with van der Waals surface area (Å²) in [7, 11) is 0. The number of benzene rings is 1. The Morgan fingerprint density at radius 2 is 1.90 bits per heavy atom. The molecule has 2 rings (SSSR count). The third kappa shape index (κ3) is 4.43. The minimum atomic E-state index is 0.599. The lowest BCUT2D eigenvalue weighted by atomic mass is 10.1. The monoisotopic (exact) mass is 307 g/mol. The van der Waals surface area contributed by atoms with Crippen molar-refractivity contribution in [3.05, 3.63) is 23.2 Å². The maximum atomic E-state index is 6.00. The highest BCUT2D eigenvalue weighted by Crippen LogP contribution is 2.26. The lowest BCUT2D eigenvalue weighted by Crippen LogP contribution is -2.04. The predicted octanol–water partition coefficient (Wildman–Crippen LogP) is 3.94. The molecule has 0 atom stereocenters. The number of unbranched alkanes of at least 4 members (excludes halogenated alkanes) is 5. The summed E-state index contributed by atoms with van der Waals surface area (Å²) >= 11 is 5.92. The van der Waals surface area contributed by atoms with E-state index in [4.69, 9.17) is 17.3 Å². The van der Waals surface area contributed by atoms with Gasteiger partial charge in [0.25, 0.3) is 0 Å². The van der Waals surface area contributed by atoms with Gasteiger partial charge in [0.1, 0.15) is 0 Å². The van der Waals surface area contributed by atoms with Gasteiger partial charge in [0.15, 0.2) is 5.82 Å². The zero-order valence-corrected chi connectivity index (χ0v) is 13.2. The van der Waals surface area contributed by atoms with E-state index in [1.807, 2.05) is 10.7 Å². The van der Waals surface area contributed by atoms with Crippen molar-refractivity contribution in [1.29, 1.82) is 0 Å². The van der Waals surface area contributed by atoms with Crippen LogP contribution in [0.1, 0.15) is 45.4 Å². The second kappa shape index (κ2) is 7.98. The molecular weight excluding hydrogens is 286 g/mol. The average molecular weight is 308 g/mol. The Labute approximate surface area is 130 Å². The molecule has 0 aliphatic heterocycles. The maximum Gasteiger partial charge on any atom is 0.184 e. The van der Waals surface area contributed by atoms with Crippen molar-refractivity contribution in [2.45, 2.75) is 52.0 Å². The van der Waals surface area contributed by atoms with Crippen molar-refractivity contribution in [3.63, 3.8) is 0 Å². The van der Waals surface area contributed by atoms with E-state index in [0.717, 1.165) is 18.5 Å². The summed E-state index contributed by atoms with van der Waals surface area (Å²) in [6.45, 7) is 3.04. The molecule has 0 spiro atoms. The molecule has 0 amide bonds. The van der Waals surface area contributed by atoms with Crippen LogP contribution < -0.4 is 5.73 Å². The predicted molar refractivity (Wildman–Crippen MR) is 86.1 cm³/mol. The first-order valence-electron chi connectivity index (χ1n) is 7.54. The molecular formula is C15H22ClN5. The first-order valence-corrected chi connectivity index (χ1v) is 7.91. The lowest BCUT2D eigenvalue weighted by molar-refractivity contribution is 0.519. The Kier molecular flexibility index (Phi) is 5.99. The van der Waals surface area contributed by atoms with Gasteiger partial charge in [-0.1, -0.05) is 50.6 Å². The number of nitrogens with zero attached hydrogens (tertiary/aromatic N) is 4. The van der Waals surface area contributed by atoms with Gasteiger partial charge in [-0.3, -0.25) is 0 Å². The van der Waals surface area contributed by atoms with Crippen molar-refractivity contribution < 1.29 is 0 Å². The van der Waals surface area contributed by atoms with Crippen molar-refractivity contribution in [2.24, 2.45) is 0 Å². The molecule has 1 aromatic carbocycles. The van der Waals surface area contributed by atoms with Crippen molar-refractivity contribution in [1.82, 2.24) is 20.2 Å². The summed E-state index contributed by atoms with van der Waals surface area (Å²) in [5.74, 6) is 0.706. The fourth-order valence-corrected chi connectivity index (χ4v) is 2.51. The first-order chi connectivity index (χ1) is 10.2. The normalized spacial score (nSPS) is 11.0. The minimum absolute atomic E-state index is 0.599. The summed E-state index contributed by atoms with van der Waals surface area (Å²) < 4.78 is 1.82. The standard InChI is InChI=1S/C15H22ClN5/c1-2-3-4-5-6-7-10-21-15(18-19-20-21)13-9-8-12(16)11-14(13)17/h8-9,11H,2-7,10,17H2,1H3. The Hall–Kier alpha value is -1.62. The number of halogens is 1. The van der Waals surface area contributed by atoms with E-state index in [-0.39, 0.29) is 0 Å². The van der Waals surface area contributed by atoms with Gasteiger partial charge < -0.3 is 5.73 Å². The molecule has 0 aliphatic rings. The summed E-state index contributed by atoms with van der Waals surface area (Å²) in [5, 5.41) is 12.5. The average Bonchev–Trinajstić information content (AvgIpc) is 2.91. The molecule has 2 aromatic rings. The van der Waals surface area contributed by atoms with E-state index in [1.165, 1.54) is 32.1 Å². The minimum Gasteiger partial charge on any atom is -0.398 e. The smallest absolute Gasteiger partial charge is 0.184 e. The van der Waals surface area contributed by atoms with Crippen LogP contribution in [0.15, 0.2) is 18.2 Å². The molecule has 5 nitrogen and oxygen atoms in total. The SMILES string of the molecule is CCCCCCCCn1nnnc1-c1ccc(Cl)cc1N. The molecule has 6 heteroatoms. The van der Waals surface area contributed by atoms with Crippen LogP contribution in [0.3, 0.4) is 0 Å². The molecule has 114 valence electrons. The van der Waals surface area contributed by atoms with Crippen LogP contribution in [0.4, 0.5) is 5.69 Å². The van der Waals surface area contributed by atoms with Crippen molar-refractivity contribution >= 4 is 17.3 Å². The number of tetrazole rings is 1. The van der Waals surface area contributed by atoms with Crippen LogP contribution in [0.5, 0.6) is 0 Å². The highest BCUT2D eigenvalue weighted by molar-refractivity contribution is 6.31.